The average molecular weight is 369 g/mol. The number of hydrogen-bond donors (Lipinski definition) is 6. The third-order valence-electron chi connectivity index (χ3n) is 5.10. The van der Waals surface area contributed by atoms with Crippen LogP contribution in [0.15, 0.2) is 30.3 Å². The Labute approximate surface area is 157 Å². The van der Waals surface area contributed by atoms with Gasteiger partial charge >= 0.3 is 0 Å². The minimum Gasteiger partial charge on any atom is -0.390 e. The summed E-state index contributed by atoms with van der Waals surface area (Å²) in [6.07, 6.45) is 2.60. The van der Waals surface area contributed by atoms with E-state index < -0.39 is 24.4 Å². The van der Waals surface area contributed by atoms with Crippen molar-refractivity contribution in [1.82, 2.24) is 5.32 Å². The number of nitrogens with two attached hydrogens (primary N) is 1. The van der Waals surface area contributed by atoms with Gasteiger partial charge in [0.15, 0.2) is 0 Å². The van der Waals surface area contributed by atoms with E-state index in [4.69, 9.17) is 15.9 Å². The van der Waals surface area contributed by atoms with Gasteiger partial charge in [-0.3, -0.25) is 0 Å². The van der Waals surface area contributed by atoms with E-state index in [0.29, 0.717) is 12.8 Å². The predicted molar refractivity (Wildman–Crippen MR) is 104 cm³/mol. The largest absolute Gasteiger partial charge is 0.390 e. The molecule has 1 aromatic rings. The van der Waals surface area contributed by atoms with Crippen molar-refractivity contribution in [3.8, 4) is 0 Å². The molecule has 6 heteroatoms. The van der Waals surface area contributed by atoms with Crippen molar-refractivity contribution in [2.45, 2.75) is 89.0 Å². The molecule has 1 aromatic carbocycles. The van der Waals surface area contributed by atoms with Gasteiger partial charge in [-0.25, -0.2) is 0 Å². The lowest BCUT2D eigenvalue weighted by atomic mass is 9.90. The van der Waals surface area contributed by atoms with Crippen LogP contribution in [0.2, 0.25) is 0 Å². The highest BCUT2D eigenvalue weighted by molar-refractivity contribution is 5.14. The number of hydrogen-bond acceptors (Lipinski definition) is 6. The molecular formula is C20H36N2O4. The molecule has 150 valence electrons. The minimum atomic E-state index is -0.696. The Hall–Kier alpha value is -1.02. The molecule has 6 nitrogen and oxygen atoms in total. The lowest BCUT2D eigenvalue weighted by Crippen LogP contribution is -2.48. The molecule has 0 aliphatic heterocycles. The van der Waals surface area contributed by atoms with E-state index in [-0.39, 0.29) is 19.5 Å². The first-order valence-corrected chi connectivity index (χ1v) is 9.24. The van der Waals surface area contributed by atoms with E-state index in [0.717, 1.165) is 32.2 Å². The Morgan fingerprint density at radius 1 is 0.846 bits per heavy atom. The van der Waals surface area contributed by atoms with Gasteiger partial charge in [0.25, 0.3) is 0 Å². The number of nitrogens with one attached hydrogen (secondary N) is 1. The van der Waals surface area contributed by atoms with E-state index in [1.807, 2.05) is 18.2 Å². The molecule has 3 rings (SSSR count). The average Bonchev–Trinajstić information content (AvgIpc) is 2.62. The first-order chi connectivity index (χ1) is 12.0. The van der Waals surface area contributed by atoms with Gasteiger partial charge in [-0.05, 0) is 44.1 Å². The van der Waals surface area contributed by atoms with E-state index in [1.165, 1.54) is 5.56 Å². The normalized spacial score (nSPS) is 34.2. The van der Waals surface area contributed by atoms with Gasteiger partial charge in [0.05, 0.1) is 24.4 Å². The third-order valence-corrected chi connectivity index (χ3v) is 5.10. The number of aliphatic hydroxyl groups excluding tert-OH is 4. The first-order valence-electron chi connectivity index (χ1n) is 9.24. The molecule has 2 aliphatic rings. The summed E-state index contributed by atoms with van der Waals surface area (Å²) in [6, 6.07) is 9.91. The second-order valence-electron chi connectivity index (χ2n) is 7.11. The molecule has 0 saturated heterocycles. The van der Waals surface area contributed by atoms with Gasteiger partial charge in [-0.15, -0.1) is 0 Å². The zero-order valence-electron chi connectivity index (χ0n) is 14.7. The van der Waals surface area contributed by atoms with E-state index in [2.05, 4.69) is 17.4 Å². The maximum atomic E-state index is 9.80. The predicted octanol–water partition coefficient (Wildman–Crippen LogP) is 0.906. The van der Waals surface area contributed by atoms with Gasteiger partial charge in [-0.1, -0.05) is 37.8 Å². The van der Waals surface area contributed by atoms with Crippen LogP contribution in [-0.2, 0) is 6.54 Å². The fourth-order valence-electron chi connectivity index (χ4n) is 3.41. The summed E-state index contributed by atoms with van der Waals surface area (Å²) in [4.78, 5) is 0. The fraction of sp³-hybridized carbons (Fsp3) is 0.700. The Kier molecular flexibility index (Phi) is 10.3. The van der Waals surface area contributed by atoms with E-state index >= 15 is 0 Å². The van der Waals surface area contributed by atoms with Crippen molar-refractivity contribution in [3.63, 3.8) is 0 Å². The van der Waals surface area contributed by atoms with Crippen LogP contribution in [0.3, 0.4) is 0 Å². The van der Waals surface area contributed by atoms with Crippen molar-refractivity contribution in [3.05, 3.63) is 35.9 Å². The smallest absolute Gasteiger partial charge is 0.0951 e. The summed E-state index contributed by atoms with van der Waals surface area (Å²) in [7, 11) is 0. The van der Waals surface area contributed by atoms with Gasteiger partial charge in [0, 0.05) is 18.6 Å². The van der Waals surface area contributed by atoms with Crippen molar-refractivity contribution in [2.75, 3.05) is 0 Å². The molecule has 0 radical (unpaired) electrons. The highest BCUT2D eigenvalue weighted by atomic mass is 16.3. The van der Waals surface area contributed by atoms with Crippen LogP contribution >= 0.6 is 0 Å². The number of rotatable bonds is 3. The molecule has 2 saturated carbocycles. The molecule has 6 atom stereocenters. The highest BCUT2D eigenvalue weighted by Gasteiger charge is 2.29. The van der Waals surface area contributed by atoms with Gasteiger partial charge in [0.2, 0.25) is 0 Å². The first kappa shape index (κ1) is 23.0. The molecule has 2 aliphatic carbocycles. The summed E-state index contributed by atoms with van der Waals surface area (Å²) >= 11 is 0. The zero-order chi connectivity index (χ0) is 18.2. The topological polar surface area (TPSA) is 119 Å². The van der Waals surface area contributed by atoms with Crippen LogP contribution < -0.4 is 11.1 Å². The van der Waals surface area contributed by atoms with Crippen LogP contribution in [0.25, 0.3) is 0 Å². The molecule has 0 spiro atoms. The molecule has 6 unspecified atom stereocenters. The Balaban J connectivity index is 0.000000290. The molecular weight excluding hydrogens is 332 g/mol. The lowest BCUT2D eigenvalue weighted by Gasteiger charge is -2.32. The number of benzene rings is 1. The van der Waals surface area contributed by atoms with Crippen LogP contribution in [-0.4, -0.2) is 56.9 Å². The van der Waals surface area contributed by atoms with E-state index in [9.17, 15) is 10.2 Å². The summed E-state index contributed by atoms with van der Waals surface area (Å²) in [5.41, 5.74) is 6.66. The Bertz CT molecular complexity index is 478. The minimum absolute atomic E-state index is 0. The van der Waals surface area contributed by atoms with E-state index in [1.54, 1.807) is 0 Å². The fourth-order valence-corrected chi connectivity index (χ4v) is 3.41. The molecule has 0 aromatic heterocycles. The van der Waals surface area contributed by atoms with Crippen molar-refractivity contribution < 1.29 is 20.4 Å². The second-order valence-corrected chi connectivity index (χ2v) is 7.11. The van der Waals surface area contributed by atoms with Gasteiger partial charge in [-0.2, -0.15) is 0 Å². The molecule has 2 fully saturated rings. The van der Waals surface area contributed by atoms with Crippen LogP contribution in [0, 0.1) is 0 Å². The summed E-state index contributed by atoms with van der Waals surface area (Å²) in [5, 5.41) is 40.8. The summed E-state index contributed by atoms with van der Waals surface area (Å²) in [5.74, 6) is 0. The molecule has 0 amide bonds. The van der Waals surface area contributed by atoms with Crippen molar-refractivity contribution in [1.29, 1.82) is 0 Å². The molecule has 26 heavy (non-hydrogen) atoms. The number of aliphatic hydroxyl groups is 4. The van der Waals surface area contributed by atoms with Crippen molar-refractivity contribution in [2.24, 2.45) is 5.73 Å². The second kappa shape index (κ2) is 11.6. The quantitative estimate of drug-likeness (QED) is 0.472. The molecule has 7 N–H and O–H groups in total. The Morgan fingerprint density at radius 2 is 1.42 bits per heavy atom. The monoisotopic (exact) mass is 368 g/mol. The molecule has 0 bridgehead atoms. The lowest BCUT2D eigenvalue weighted by molar-refractivity contribution is -0.0297. The van der Waals surface area contributed by atoms with Gasteiger partial charge < -0.3 is 31.5 Å². The summed E-state index contributed by atoms with van der Waals surface area (Å²) < 4.78 is 0. The zero-order valence-corrected chi connectivity index (χ0v) is 14.7. The molecule has 0 heterocycles. The van der Waals surface area contributed by atoms with Crippen LogP contribution in [0.4, 0.5) is 0 Å². The maximum Gasteiger partial charge on any atom is 0.0951 e. The Morgan fingerprint density at radius 3 is 2.00 bits per heavy atom. The van der Waals surface area contributed by atoms with Gasteiger partial charge in [0.1, 0.15) is 0 Å². The van der Waals surface area contributed by atoms with Crippen LogP contribution in [0.5, 0.6) is 0 Å². The standard InChI is InChI=1S/C13H19NO2.C6H13NO2.CH4/c15-12-8-4-7-11(13(12)16)14-9-10-5-2-1-3-6-10;7-4-2-1-3-5(8)6(4)9;/h1-3,5-6,11-16H,4,7-9H2;4-6,8-9H,1-3,7H2;1H4. The third kappa shape index (κ3) is 6.95. The highest BCUT2D eigenvalue weighted by Crippen LogP contribution is 2.19. The maximum absolute atomic E-state index is 9.80. The summed E-state index contributed by atoms with van der Waals surface area (Å²) in [6.45, 7) is 0.745. The SMILES string of the molecule is C.NC1CCCC(O)C1O.OC1CCCC(NCc2ccccc2)C1O. The van der Waals surface area contributed by atoms with Crippen LogP contribution in [0.1, 0.15) is 51.5 Å². The van der Waals surface area contributed by atoms with Crippen molar-refractivity contribution >= 4 is 0 Å².